The summed E-state index contributed by atoms with van der Waals surface area (Å²) >= 11 is 0. The summed E-state index contributed by atoms with van der Waals surface area (Å²) in [7, 11) is -3.80. The van der Waals surface area contributed by atoms with Crippen molar-refractivity contribution in [3.05, 3.63) is 88.4 Å². The number of carbonyl (C=O) groups excluding carboxylic acids is 1. The minimum atomic E-state index is -3.80. The van der Waals surface area contributed by atoms with Crippen LogP contribution in [0.25, 0.3) is 11.1 Å². The number of primary amides is 1. The van der Waals surface area contributed by atoms with Crippen molar-refractivity contribution in [2.45, 2.75) is 19.8 Å². The highest BCUT2D eigenvalue weighted by atomic mass is 32.2. The van der Waals surface area contributed by atoms with Gasteiger partial charge in [0.1, 0.15) is 35.8 Å². The van der Waals surface area contributed by atoms with Crippen molar-refractivity contribution in [1.82, 2.24) is 4.98 Å². The molecule has 4 rings (SSSR count). The molecule has 11 heteroatoms. The van der Waals surface area contributed by atoms with Crippen LogP contribution in [-0.2, 0) is 22.9 Å². The van der Waals surface area contributed by atoms with Gasteiger partial charge in [-0.05, 0) is 47.9 Å². The van der Waals surface area contributed by atoms with E-state index in [2.05, 4.69) is 4.98 Å². The molecule has 2 N–H and O–H groups in total. The SMILES string of the molecule is CCc1cc2c(C(N)=O)c(Cc3ccc(F)cc3)oc2nc1N(CCOc1ccccc1C#N)S(C)(=O)=O. The first-order valence-corrected chi connectivity index (χ1v) is 13.6. The normalized spacial score (nSPS) is 11.3. The Morgan fingerprint density at radius 3 is 2.55 bits per heavy atom. The molecule has 2 heterocycles. The lowest BCUT2D eigenvalue weighted by Crippen LogP contribution is -2.35. The van der Waals surface area contributed by atoms with Gasteiger partial charge in [0, 0.05) is 6.42 Å². The molecule has 2 aromatic carbocycles. The monoisotopic (exact) mass is 536 g/mol. The van der Waals surface area contributed by atoms with Crippen LogP contribution in [0.1, 0.15) is 39.7 Å². The number of hydrogen-bond acceptors (Lipinski definition) is 7. The maximum atomic E-state index is 13.3. The van der Waals surface area contributed by atoms with Crippen molar-refractivity contribution in [3.8, 4) is 11.8 Å². The molecular formula is C27H25FN4O5S. The second-order valence-corrected chi connectivity index (χ2v) is 10.4. The molecule has 0 spiro atoms. The number of nitriles is 1. The van der Waals surface area contributed by atoms with Gasteiger partial charge in [0.15, 0.2) is 0 Å². The van der Waals surface area contributed by atoms with Gasteiger partial charge in [-0.15, -0.1) is 0 Å². The van der Waals surface area contributed by atoms with E-state index in [9.17, 15) is 22.9 Å². The summed E-state index contributed by atoms with van der Waals surface area (Å²) in [5, 5.41) is 9.63. The average Bonchev–Trinajstić information content (AvgIpc) is 3.23. The number of nitrogens with two attached hydrogens (primary N) is 1. The number of carbonyl (C=O) groups is 1. The maximum absolute atomic E-state index is 13.3. The van der Waals surface area contributed by atoms with Crippen LogP contribution < -0.4 is 14.8 Å². The maximum Gasteiger partial charge on any atom is 0.252 e. The number of furan rings is 1. The number of nitrogens with zero attached hydrogens (tertiary/aromatic N) is 3. The zero-order chi connectivity index (χ0) is 27.4. The highest BCUT2D eigenvalue weighted by Crippen LogP contribution is 2.32. The molecule has 0 aliphatic rings. The standard InChI is InChI=1S/C27H25FN4O5S/c1-3-18-15-21-24(25(30)33)23(14-17-8-10-20(28)11-9-17)37-27(21)31-26(18)32(38(2,34)35)12-13-36-22-7-5-4-6-19(22)16-29/h4-11,15H,3,12-14H2,1-2H3,(H2,30,33). The second-order valence-electron chi connectivity index (χ2n) is 8.54. The lowest BCUT2D eigenvalue weighted by molar-refractivity contribution is 0.1000. The van der Waals surface area contributed by atoms with Crippen LogP contribution in [0.4, 0.5) is 10.2 Å². The van der Waals surface area contributed by atoms with E-state index in [4.69, 9.17) is 14.9 Å². The lowest BCUT2D eigenvalue weighted by atomic mass is 10.0. The van der Waals surface area contributed by atoms with Gasteiger partial charge in [-0.25, -0.2) is 12.8 Å². The van der Waals surface area contributed by atoms with Gasteiger partial charge in [0.05, 0.1) is 29.3 Å². The van der Waals surface area contributed by atoms with Crippen molar-refractivity contribution in [3.63, 3.8) is 0 Å². The Balaban J connectivity index is 1.73. The highest BCUT2D eigenvalue weighted by Gasteiger charge is 2.26. The molecule has 0 saturated carbocycles. The fraction of sp³-hybridized carbons (Fsp3) is 0.222. The molecule has 4 aromatic rings. The van der Waals surface area contributed by atoms with E-state index in [1.54, 1.807) is 42.5 Å². The largest absolute Gasteiger partial charge is 0.490 e. The summed E-state index contributed by atoms with van der Waals surface area (Å²) in [5.74, 6) is -0.397. The van der Waals surface area contributed by atoms with Crippen LogP contribution in [0.3, 0.4) is 0 Å². The molecule has 0 atom stereocenters. The van der Waals surface area contributed by atoms with Crippen molar-refractivity contribution in [2.75, 3.05) is 23.7 Å². The average molecular weight is 537 g/mol. The summed E-state index contributed by atoms with van der Waals surface area (Å²) in [6.45, 7) is 1.70. The van der Waals surface area contributed by atoms with Crippen LogP contribution >= 0.6 is 0 Å². The van der Waals surface area contributed by atoms with Crippen LogP contribution in [-0.4, -0.2) is 38.7 Å². The summed E-state index contributed by atoms with van der Waals surface area (Å²) in [5.41, 5.74) is 7.43. The van der Waals surface area contributed by atoms with E-state index in [1.165, 1.54) is 12.1 Å². The smallest absolute Gasteiger partial charge is 0.252 e. The summed E-state index contributed by atoms with van der Waals surface area (Å²) < 4.78 is 51.6. The van der Waals surface area contributed by atoms with Gasteiger partial charge in [-0.3, -0.25) is 9.10 Å². The first-order chi connectivity index (χ1) is 18.1. The molecule has 38 heavy (non-hydrogen) atoms. The molecule has 0 saturated heterocycles. The third kappa shape index (κ3) is 5.60. The summed E-state index contributed by atoms with van der Waals surface area (Å²) in [6, 6.07) is 16.1. The number of anilines is 1. The minimum absolute atomic E-state index is 0.0465. The van der Waals surface area contributed by atoms with Crippen LogP contribution in [0, 0.1) is 17.1 Å². The predicted molar refractivity (Wildman–Crippen MR) is 140 cm³/mol. The Labute approximate surface area is 219 Å². The van der Waals surface area contributed by atoms with Gasteiger partial charge < -0.3 is 14.9 Å². The molecule has 0 bridgehead atoms. The van der Waals surface area contributed by atoms with E-state index in [0.29, 0.717) is 34.2 Å². The molecule has 196 valence electrons. The Bertz CT molecular complexity index is 1640. The van der Waals surface area contributed by atoms with Gasteiger partial charge in [0.2, 0.25) is 15.7 Å². The van der Waals surface area contributed by atoms with E-state index in [-0.39, 0.29) is 42.4 Å². The molecule has 9 nitrogen and oxygen atoms in total. The van der Waals surface area contributed by atoms with E-state index in [1.807, 2.05) is 13.0 Å². The number of halogens is 1. The number of fused-ring (bicyclic) bond motifs is 1. The van der Waals surface area contributed by atoms with Gasteiger partial charge in [-0.2, -0.15) is 10.2 Å². The Morgan fingerprint density at radius 2 is 1.92 bits per heavy atom. The Hall–Kier alpha value is -4.43. The van der Waals surface area contributed by atoms with Gasteiger partial charge >= 0.3 is 0 Å². The third-order valence-electron chi connectivity index (χ3n) is 5.91. The first-order valence-electron chi connectivity index (χ1n) is 11.7. The van der Waals surface area contributed by atoms with Crippen LogP contribution in [0.15, 0.2) is 59.0 Å². The predicted octanol–water partition coefficient (Wildman–Crippen LogP) is 3.94. The molecular weight excluding hydrogens is 511 g/mol. The number of aryl methyl sites for hydroxylation is 1. The molecule has 0 radical (unpaired) electrons. The topological polar surface area (TPSA) is 140 Å². The van der Waals surface area contributed by atoms with E-state index < -0.39 is 21.7 Å². The first kappa shape index (κ1) is 26.6. The molecule has 1 amide bonds. The van der Waals surface area contributed by atoms with Gasteiger partial charge in [-0.1, -0.05) is 31.2 Å². The third-order valence-corrected chi connectivity index (χ3v) is 7.07. The van der Waals surface area contributed by atoms with E-state index >= 15 is 0 Å². The van der Waals surface area contributed by atoms with Crippen LogP contribution in [0.2, 0.25) is 0 Å². The van der Waals surface area contributed by atoms with Crippen molar-refractivity contribution in [2.24, 2.45) is 5.73 Å². The number of aromatic nitrogens is 1. The number of amides is 1. The number of para-hydroxylation sites is 1. The molecule has 0 aliphatic heterocycles. The Morgan fingerprint density at radius 1 is 1.21 bits per heavy atom. The number of benzene rings is 2. The number of sulfonamides is 1. The fourth-order valence-electron chi connectivity index (χ4n) is 4.11. The molecule has 0 fully saturated rings. The fourth-order valence-corrected chi connectivity index (χ4v) is 4.99. The summed E-state index contributed by atoms with van der Waals surface area (Å²) in [6.07, 6.45) is 1.62. The summed E-state index contributed by atoms with van der Waals surface area (Å²) in [4.78, 5) is 16.9. The number of hydrogen-bond donors (Lipinski definition) is 1. The Kier molecular flexibility index (Phi) is 7.64. The highest BCUT2D eigenvalue weighted by molar-refractivity contribution is 7.92. The zero-order valence-corrected chi connectivity index (χ0v) is 21.6. The number of ether oxygens (including phenoxy) is 1. The van der Waals surface area contributed by atoms with E-state index in [0.717, 1.165) is 10.6 Å². The number of pyridine rings is 1. The lowest BCUT2D eigenvalue weighted by Gasteiger charge is -2.23. The minimum Gasteiger partial charge on any atom is -0.490 e. The van der Waals surface area contributed by atoms with Crippen molar-refractivity contribution in [1.29, 1.82) is 5.26 Å². The van der Waals surface area contributed by atoms with Crippen molar-refractivity contribution < 1.29 is 26.8 Å². The van der Waals surface area contributed by atoms with Crippen molar-refractivity contribution >= 4 is 32.8 Å². The molecule has 2 aromatic heterocycles. The quantitative estimate of drug-likeness (QED) is 0.324. The van der Waals surface area contributed by atoms with Crippen LogP contribution in [0.5, 0.6) is 5.75 Å². The molecule has 0 unspecified atom stereocenters. The zero-order valence-electron chi connectivity index (χ0n) is 20.8. The van der Waals surface area contributed by atoms with Gasteiger partial charge in [0.25, 0.3) is 5.91 Å². The second kappa shape index (κ2) is 10.9. The number of rotatable bonds is 10. The molecule has 0 aliphatic carbocycles.